The van der Waals surface area contributed by atoms with E-state index in [4.69, 9.17) is 4.74 Å². The third-order valence-corrected chi connectivity index (χ3v) is 3.60. The van der Waals surface area contributed by atoms with Crippen LogP contribution in [0.2, 0.25) is 0 Å². The van der Waals surface area contributed by atoms with Gasteiger partial charge in [-0.05, 0) is 42.3 Å². The second-order valence-corrected chi connectivity index (χ2v) is 5.09. The van der Waals surface area contributed by atoms with Crippen molar-refractivity contribution in [3.05, 3.63) is 65.1 Å². The lowest BCUT2D eigenvalue weighted by Crippen LogP contribution is -2.25. The number of carbonyl (C=O) groups is 1. The molecule has 1 aliphatic heterocycles. The number of carbonyl (C=O) groups excluding carboxylic acids is 1. The van der Waals surface area contributed by atoms with Gasteiger partial charge in [0.25, 0.3) is 5.91 Å². The summed E-state index contributed by atoms with van der Waals surface area (Å²) in [5.74, 6) is 0.936. The number of methoxy groups -OCH3 is 1. The maximum atomic E-state index is 12.2. The Hall–Kier alpha value is -2.95. The van der Waals surface area contributed by atoms with Gasteiger partial charge in [-0.25, -0.2) is 4.99 Å². The molecule has 1 aliphatic rings. The Labute approximate surface area is 134 Å². The average molecular weight is 307 g/mol. The van der Waals surface area contributed by atoms with Crippen molar-refractivity contribution in [2.75, 3.05) is 7.11 Å². The number of pyridine rings is 1. The molecule has 0 fully saturated rings. The fraction of sp³-hybridized carbons (Fsp3) is 0.167. The largest absolute Gasteiger partial charge is 0.496 e. The quantitative estimate of drug-likeness (QED) is 0.883. The highest BCUT2D eigenvalue weighted by molar-refractivity contribution is 6.19. The Balaban J connectivity index is 1.99. The highest BCUT2D eigenvalue weighted by atomic mass is 16.5. The molecule has 0 atom stereocenters. The van der Waals surface area contributed by atoms with E-state index in [9.17, 15) is 4.79 Å². The summed E-state index contributed by atoms with van der Waals surface area (Å²) in [5.41, 5.74) is 2.99. The molecule has 0 aliphatic carbocycles. The molecule has 2 heterocycles. The topological polar surface area (TPSA) is 63.6 Å². The van der Waals surface area contributed by atoms with E-state index in [1.165, 1.54) is 5.56 Å². The number of aliphatic imine (C=N–C) groups is 1. The van der Waals surface area contributed by atoms with Gasteiger partial charge in [0, 0.05) is 11.8 Å². The summed E-state index contributed by atoms with van der Waals surface area (Å²) in [6.07, 6.45) is 4.32. The molecule has 0 saturated carbocycles. The van der Waals surface area contributed by atoms with Gasteiger partial charge in [-0.15, -0.1) is 0 Å². The molecule has 1 aromatic heterocycles. The maximum Gasteiger partial charge on any atom is 0.275 e. The van der Waals surface area contributed by atoms with Crippen molar-refractivity contribution in [1.82, 2.24) is 10.3 Å². The summed E-state index contributed by atoms with van der Waals surface area (Å²) in [6.45, 7) is 2.08. The van der Waals surface area contributed by atoms with E-state index < -0.39 is 0 Å². The van der Waals surface area contributed by atoms with Gasteiger partial charge in [0.1, 0.15) is 17.1 Å². The monoisotopic (exact) mass is 307 g/mol. The summed E-state index contributed by atoms with van der Waals surface area (Å²) in [6, 6.07) is 11.4. The minimum Gasteiger partial charge on any atom is -0.496 e. The van der Waals surface area contributed by atoms with Crippen LogP contribution < -0.4 is 10.1 Å². The van der Waals surface area contributed by atoms with Gasteiger partial charge in [-0.2, -0.15) is 0 Å². The smallest absolute Gasteiger partial charge is 0.275 e. The van der Waals surface area contributed by atoms with Crippen molar-refractivity contribution in [2.45, 2.75) is 13.3 Å². The van der Waals surface area contributed by atoms with Crippen molar-refractivity contribution < 1.29 is 9.53 Å². The van der Waals surface area contributed by atoms with Crippen molar-refractivity contribution >= 4 is 17.8 Å². The Morgan fingerprint density at radius 3 is 2.83 bits per heavy atom. The molecule has 1 N–H and O–H groups in total. The lowest BCUT2D eigenvalue weighted by molar-refractivity contribution is -0.115. The van der Waals surface area contributed by atoms with Gasteiger partial charge in [0.15, 0.2) is 5.84 Å². The second kappa shape index (κ2) is 6.44. The number of amidine groups is 1. The predicted octanol–water partition coefficient (Wildman–Crippen LogP) is 2.57. The van der Waals surface area contributed by atoms with Crippen LogP contribution in [0.4, 0.5) is 0 Å². The Kier molecular flexibility index (Phi) is 4.19. The van der Waals surface area contributed by atoms with E-state index in [1.54, 1.807) is 25.4 Å². The highest BCUT2D eigenvalue weighted by Crippen LogP contribution is 2.24. The standard InChI is InChI=1S/C18H17N3O2/c1-3-12-7-8-16(23-2)13(10-12)11-15-18(22)21-17(20-15)14-6-4-5-9-19-14/h4-11H,3H2,1-2H3,(H,20,21,22)/b15-11+. The number of aryl methyl sites for hydroxylation is 1. The molecule has 3 rings (SSSR count). The Morgan fingerprint density at radius 1 is 1.26 bits per heavy atom. The van der Waals surface area contributed by atoms with E-state index in [0.29, 0.717) is 23.0 Å². The zero-order chi connectivity index (χ0) is 16.2. The second-order valence-electron chi connectivity index (χ2n) is 5.09. The van der Waals surface area contributed by atoms with Crippen molar-refractivity contribution in [3.63, 3.8) is 0 Å². The Bertz CT molecular complexity index is 795. The first-order valence-corrected chi connectivity index (χ1v) is 7.41. The molecule has 23 heavy (non-hydrogen) atoms. The number of rotatable bonds is 4. The number of benzene rings is 1. The zero-order valence-electron chi connectivity index (χ0n) is 13.0. The van der Waals surface area contributed by atoms with E-state index >= 15 is 0 Å². The number of amides is 1. The third-order valence-electron chi connectivity index (χ3n) is 3.60. The van der Waals surface area contributed by atoms with Crippen LogP contribution in [-0.2, 0) is 11.2 Å². The van der Waals surface area contributed by atoms with Crippen LogP contribution in [0, 0.1) is 0 Å². The lowest BCUT2D eigenvalue weighted by atomic mass is 10.1. The van der Waals surface area contributed by atoms with E-state index in [0.717, 1.165) is 12.0 Å². The van der Waals surface area contributed by atoms with E-state index in [1.807, 2.05) is 30.3 Å². The first kappa shape index (κ1) is 15.0. The van der Waals surface area contributed by atoms with E-state index in [2.05, 4.69) is 22.2 Å². The molecule has 1 amide bonds. The van der Waals surface area contributed by atoms with Gasteiger partial charge in [0.2, 0.25) is 0 Å². The molecule has 5 heteroatoms. The van der Waals surface area contributed by atoms with Crippen LogP contribution in [0.3, 0.4) is 0 Å². The summed E-state index contributed by atoms with van der Waals surface area (Å²) in [7, 11) is 1.61. The fourth-order valence-electron chi connectivity index (χ4n) is 2.36. The molecule has 0 saturated heterocycles. The summed E-state index contributed by atoms with van der Waals surface area (Å²) in [4.78, 5) is 20.7. The molecule has 0 bridgehead atoms. The van der Waals surface area contributed by atoms with Crippen molar-refractivity contribution in [2.24, 2.45) is 4.99 Å². The number of nitrogens with zero attached hydrogens (tertiary/aromatic N) is 2. The molecule has 116 valence electrons. The average Bonchev–Trinajstić information content (AvgIpc) is 2.96. The first-order chi connectivity index (χ1) is 11.2. The van der Waals surface area contributed by atoms with Crippen LogP contribution in [0.1, 0.15) is 23.7 Å². The summed E-state index contributed by atoms with van der Waals surface area (Å²) < 4.78 is 5.36. The van der Waals surface area contributed by atoms with Gasteiger partial charge in [-0.1, -0.05) is 19.1 Å². The van der Waals surface area contributed by atoms with Gasteiger partial charge in [0.05, 0.1) is 7.11 Å². The number of ether oxygens (including phenoxy) is 1. The molecular weight excluding hydrogens is 290 g/mol. The molecule has 5 nitrogen and oxygen atoms in total. The maximum absolute atomic E-state index is 12.2. The molecule has 2 aromatic rings. The van der Waals surface area contributed by atoms with Gasteiger partial charge >= 0.3 is 0 Å². The molecular formula is C18H17N3O2. The minimum atomic E-state index is -0.241. The van der Waals surface area contributed by atoms with Crippen molar-refractivity contribution in [3.8, 4) is 5.75 Å². The molecule has 0 unspecified atom stereocenters. The van der Waals surface area contributed by atoms with Gasteiger partial charge < -0.3 is 10.1 Å². The molecule has 0 spiro atoms. The first-order valence-electron chi connectivity index (χ1n) is 7.41. The number of hydrogen-bond acceptors (Lipinski definition) is 4. The fourth-order valence-corrected chi connectivity index (χ4v) is 2.36. The summed E-state index contributed by atoms with van der Waals surface area (Å²) >= 11 is 0. The normalized spacial score (nSPS) is 15.5. The van der Waals surface area contributed by atoms with Crippen molar-refractivity contribution in [1.29, 1.82) is 0 Å². The Morgan fingerprint density at radius 2 is 2.13 bits per heavy atom. The van der Waals surface area contributed by atoms with Crippen LogP contribution >= 0.6 is 0 Å². The minimum absolute atomic E-state index is 0.241. The SMILES string of the molecule is CCc1ccc(OC)c(/C=C2/N=C(c3ccccn3)NC2=O)c1. The van der Waals surface area contributed by atoms with E-state index in [-0.39, 0.29) is 5.91 Å². The molecule has 0 radical (unpaired) electrons. The summed E-state index contributed by atoms with van der Waals surface area (Å²) in [5, 5.41) is 2.75. The van der Waals surface area contributed by atoms with Gasteiger partial charge in [-0.3, -0.25) is 9.78 Å². The predicted molar refractivity (Wildman–Crippen MR) is 89.3 cm³/mol. The van der Waals surface area contributed by atoms with Crippen LogP contribution in [0.15, 0.2) is 53.3 Å². The highest BCUT2D eigenvalue weighted by Gasteiger charge is 2.22. The number of nitrogens with one attached hydrogen (secondary N) is 1. The molecule has 1 aromatic carbocycles. The number of aromatic nitrogens is 1. The zero-order valence-corrected chi connectivity index (χ0v) is 13.0. The lowest BCUT2D eigenvalue weighted by Gasteiger charge is -2.07. The van der Waals surface area contributed by atoms with Crippen LogP contribution in [0.25, 0.3) is 6.08 Å². The van der Waals surface area contributed by atoms with Crippen LogP contribution in [0.5, 0.6) is 5.75 Å². The third kappa shape index (κ3) is 3.13. The number of hydrogen-bond donors (Lipinski definition) is 1. The van der Waals surface area contributed by atoms with Crippen LogP contribution in [-0.4, -0.2) is 23.8 Å².